The number of hydrogen-bond donors (Lipinski definition) is 2. The summed E-state index contributed by atoms with van der Waals surface area (Å²) in [5.41, 5.74) is -0.447. The van der Waals surface area contributed by atoms with E-state index in [2.05, 4.69) is 5.32 Å². The molecule has 0 aromatic heterocycles. The molecular formula is C14H28N2O3. The monoisotopic (exact) mass is 272 g/mol. The average molecular weight is 272 g/mol. The smallest absolute Gasteiger partial charge is 0.410 e. The zero-order valence-electron chi connectivity index (χ0n) is 12.6. The summed E-state index contributed by atoms with van der Waals surface area (Å²) in [4.78, 5) is 13.9. The first-order chi connectivity index (χ1) is 8.87. The fraction of sp³-hybridized carbons (Fsp3) is 0.929. The molecule has 1 saturated heterocycles. The second kappa shape index (κ2) is 7.10. The molecule has 5 nitrogen and oxygen atoms in total. The highest BCUT2D eigenvalue weighted by Crippen LogP contribution is 2.23. The Kier molecular flexibility index (Phi) is 6.07. The largest absolute Gasteiger partial charge is 0.444 e. The van der Waals surface area contributed by atoms with Gasteiger partial charge in [0.2, 0.25) is 0 Å². The van der Waals surface area contributed by atoms with Crippen molar-refractivity contribution in [1.82, 2.24) is 10.2 Å². The van der Waals surface area contributed by atoms with Gasteiger partial charge in [0.25, 0.3) is 0 Å². The number of nitrogens with zero attached hydrogens (tertiary/aromatic N) is 1. The van der Waals surface area contributed by atoms with Crippen LogP contribution < -0.4 is 5.32 Å². The molecule has 0 saturated carbocycles. The van der Waals surface area contributed by atoms with E-state index in [0.717, 1.165) is 25.8 Å². The second-order valence-electron chi connectivity index (χ2n) is 6.24. The Hall–Kier alpha value is -0.810. The van der Waals surface area contributed by atoms with E-state index >= 15 is 0 Å². The Bertz CT molecular complexity index is 289. The number of nitrogens with one attached hydrogen (secondary N) is 1. The van der Waals surface area contributed by atoms with E-state index in [0.29, 0.717) is 12.5 Å². The summed E-state index contributed by atoms with van der Waals surface area (Å²) in [6.45, 7) is 7.30. The molecule has 1 aliphatic heterocycles. The van der Waals surface area contributed by atoms with Crippen LogP contribution in [0.2, 0.25) is 0 Å². The van der Waals surface area contributed by atoms with E-state index in [1.807, 2.05) is 27.8 Å². The average Bonchev–Trinajstić information content (AvgIpc) is 2.34. The summed E-state index contributed by atoms with van der Waals surface area (Å²) in [5.74, 6) is 0.387. The third-order valence-corrected chi connectivity index (χ3v) is 3.49. The van der Waals surface area contributed by atoms with E-state index in [4.69, 9.17) is 9.84 Å². The Labute approximate surface area is 116 Å². The molecule has 1 heterocycles. The van der Waals surface area contributed by atoms with Crippen molar-refractivity contribution in [1.29, 1.82) is 0 Å². The lowest BCUT2D eigenvalue weighted by atomic mass is 9.89. The Morgan fingerprint density at radius 2 is 2.21 bits per heavy atom. The van der Waals surface area contributed by atoms with Gasteiger partial charge in [-0.05, 0) is 53.0 Å². The van der Waals surface area contributed by atoms with Gasteiger partial charge in [-0.1, -0.05) is 0 Å². The van der Waals surface area contributed by atoms with Crippen molar-refractivity contribution in [2.45, 2.75) is 51.7 Å². The van der Waals surface area contributed by atoms with Crippen molar-refractivity contribution in [3.05, 3.63) is 0 Å². The first kappa shape index (κ1) is 16.2. The van der Waals surface area contributed by atoms with Gasteiger partial charge < -0.3 is 20.1 Å². The zero-order valence-corrected chi connectivity index (χ0v) is 12.6. The van der Waals surface area contributed by atoms with Gasteiger partial charge in [0.15, 0.2) is 0 Å². The van der Waals surface area contributed by atoms with Crippen molar-refractivity contribution >= 4 is 6.09 Å². The van der Waals surface area contributed by atoms with Gasteiger partial charge >= 0.3 is 6.09 Å². The number of aliphatic hydroxyl groups excluding tert-OH is 1. The highest BCUT2D eigenvalue weighted by molar-refractivity contribution is 5.68. The number of hydrogen-bond acceptors (Lipinski definition) is 4. The van der Waals surface area contributed by atoms with Gasteiger partial charge in [0, 0.05) is 25.7 Å². The first-order valence-electron chi connectivity index (χ1n) is 7.13. The minimum absolute atomic E-state index is 0.175. The molecule has 0 unspecified atom stereocenters. The van der Waals surface area contributed by atoms with Gasteiger partial charge in [-0.15, -0.1) is 0 Å². The maximum Gasteiger partial charge on any atom is 0.410 e. The molecule has 2 atom stereocenters. The van der Waals surface area contributed by atoms with Crippen molar-refractivity contribution in [3.8, 4) is 0 Å². The summed E-state index contributed by atoms with van der Waals surface area (Å²) >= 11 is 0. The number of aliphatic hydroxyl groups is 1. The van der Waals surface area contributed by atoms with Crippen LogP contribution in [0.1, 0.15) is 40.0 Å². The van der Waals surface area contributed by atoms with Crippen LogP contribution >= 0.6 is 0 Å². The molecular weight excluding hydrogens is 244 g/mol. The number of ether oxygens (including phenoxy) is 1. The van der Waals surface area contributed by atoms with Gasteiger partial charge in [0.05, 0.1) is 0 Å². The predicted octanol–water partition coefficient (Wildman–Crippen LogP) is 1.60. The molecule has 19 heavy (non-hydrogen) atoms. The van der Waals surface area contributed by atoms with E-state index in [9.17, 15) is 4.79 Å². The van der Waals surface area contributed by atoms with Crippen LogP contribution in [0.4, 0.5) is 4.79 Å². The van der Waals surface area contributed by atoms with Crippen LogP contribution in [0.15, 0.2) is 0 Å². The molecule has 0 aromatic carbocycles. The number of piperidine rings is 1. The van der Waals surface area contributed by atoms with Crippen molar-refractivity contribution in [3.63, 3.8) is 0 Å². The normalized spacial score (nSPS) is 22.2. The van der Waals surface area contributed by atoms with Crippen LogP contribution in [-0.4, -0.2) is 54.5 Å². The van der Waals surface area contributed by atoms with Crippen LogP contribution in [0.5, 0.6) is 0 Å². The fourth-order valence-electron chi connectivity index (χ4n) is 2.59. The summed E-state index contributed by atoms with van der Waals surface area (Å²) in [7, 11) is 1.91. The minimum atomic E-state index is -0.447. The van der Waals surface area contributed by atoms with Crippen molar-refractivity contribution in [2.24, 2.45) is 5.92 Å². The topological polar surface area (TPSA) is 61.8 Å². The van der Waals surface area contributed by atoms with E-state index in [-0.39, 0.29) is 18.7 Å². The Balaban J connectivity index is 2.56. The van der Waals surface area contributed by atoms with Crippen LogP contribution in [0.25, 0.3) is 0 Å². The summed E-state index contributed by atoms with van der Waals surface area (Å²) in [6, 6.07) is 0.259. The lowest BCUT2D eigenvalue weighted by Crippen LogP contribution is -2.48. The molecule has 5 heteroatoms. The fourth-order valence-corrected chi connectivity index (χ4v) is 2.59. The van der Waals surface area contributed by atoms with E-state index in [1.165, 1.54) is 0 Å². The lowest BCUT2D eigenvalue weighted by molar-refractivity contribution is 0.0140. The van der Waals surface area contributed by atoms with Gasteiger partial charge in [-0.25, -0.2) is 4.79 Å². The highest BCUT2D eigenvalue weighted by atomic mass is 16.6. The molecule has 0 radical (unpaired) electrons. The van der Waals surface area contributed by atoms with Crippen LogP contribution in [-0.2, 0) is 4.74 Å². The number of amides is 1. The van der Waals surface area contributed by atoms with Crippen LogP contribution in [0.3, 0.4) is 0 Å². The van der Waals surface area contributed by atoms with E-state index in [1.54, 1.807) is 4.90 Å². The molecule has 1 aliphatic rings. The maximum absolute atomic E-state index is 12.1. The molecule has 1 rings (SSSR count). The van der Waals surface area contributed by atoms with Crippen LogP contribution in [0, 0.1) is 5.92 Å². The quantitative estimate of drug-likeness (QED) is 0.816. The molecule has 1 amide bonds. The van der Waals surface area contributed by atoms with E-state index < -0.39 is 5.60 Å². The maximum atomic E-state index is 12.1. The number of rotatable bonds is 4. The lowest BCUT2D eigenvalue weighted by Gasteiger charge is -2.37. The van der Waals surface area contributed by atoms with Gasteiger partial charge in [-0.2, -0.15) is 0 Å². The highest BCUT2D eigenvalue weighted by Gasteiger charge is 2.30. The number of likely N-dealkylation sites (tertiary alicyclic amines) is 1. The summed E-state index contributed by atoms with van der Waals surface area (Å²) in [6.07, 6.45) is 2.58. The third-order valence-electron chi connectivity index (χ3n) is 3.49. The van der Waals surface area contributed by atoms with Crippen molar-refractivity contribution in [2.75, 3.05) is 26.7 Å². The summed E-state index contributed by atoms with van der Waals surface area (Å²) in [5, 5.41) is 12.3. The third kappa shape index (κ3) is 5.37. The van der Waals surface area contributed by atoms with Crippen molar-refractivity contribution < 1.29 is 14.6 Å². The standard InChI is InChI=1S/C14H28N2O3/c1-14(2,3)19-13(18)16-8-5-6-11(10-16)12(15-4)7-9-17/h11-12,15,17H,5-10H2,1-4H3/t11-,12-/m0/s1. The predicted molar refractivity (Wildman–Crippen MR) is 75.1 cm³/mol. The second-order valence-corrected chi connectivity index (χ2v) is 6.24. The Morgan fingerprint density at radius 3 is 2.74 bits per heavy atom. The molecule has 2 N–H and O–H groups in total. The first-order valence-corrected chi connectivity index (χ1v) is 7.13. The molecule has 112 valence electrons. The molecule has 0 bridgehead atoms. The Morgan fingerprint density at radius 1 is 1.53 bits per heavy atom. The molecule has 0 aromatic rings. The molecule has 1 fully saturated rings. The molecule has 0 aliphatic carbocycles. The zero-order chi connectivity index (χ0) is 14.5. The SMILES string of the molecule is CN[C@@H](CCO)[C@H]1CCCN(C(=O)OC(C)(C)C)C1. The number of carbonyl (C=O) groups excluding carboxylic acids is 1. The molecule has 0 spiro atoms. The van der Waals surface area contributed by atoms with Gasteiger partial charge in [-0.3, -0.25) is 0 Å². The minimum Gasteiger partial charge on any atom is -0.444 e. The van der Waals surface area contributed by atoms with Gasteiger partial charge in [0.1, 0.15) is 5.60 Å². The number of carbonyl (C=O) groups is 1. The summed E-state index contributed by atoms with van der Waals surface area (Å²) < 4.78 is 5.42.